The first-order chi connectivity index (χ1) is 12.2. The number of hydrogen-bond donors (Lipinski definition) is 4. The number of amides is 2. The van der Waals surface area contributed by atoms with Crippen molar-refractivity contribution >= 4 is 22.6 Å². The van der Waals surface area contributed by atoms with Gasteiger partial charge in [-0.2, -0.15) is 5.10 Å². The van der Waals surface area contributed by atoms with Gasteiger partial charge in [0.05, 0.1) is 5.39 Å². The summed E-state index contributed by atoms with van der Waals surface area (Å²) < 4.78 is 0. The zero-order chi connectivity index (χ0) is 17.6. The molecule has 0 radical (unpaired) electrons. The van der Waals surface area contributed by atoms with Gasteiger partial charge in [-0.15, -0.1) is 6.58 Å². The van der Waals surface area contributed by atoms with E-state index in [0.29, 0.717) is 17.7 Å². The van der Waals surface area contributed by atoms with Gasteiger partial charge in [-0.25, -0.2) is 9.89 Å². The van der Waals surface area contributed by atoms with Crippen LogP contribution < -0.4 is 21.5 Å². The lowest BCUT2D eigenvalue weighted by molar-refractivity contribution is 0.232. The number of aromatic nitrogens is 2. The maximum Gasteiger partial charge on any atom is 0.315 e. The van der Waals surface area contributed by atoms with Crippen LogP contribution in [0.15, 0.2) is 41.7 Å². The van der Waals surface area contributed by atoms with E-state index in [9.17, 15) is 9.59 Å². The molecule has 3 rings (SSSR count). The van der Waals surface area contributed by atoms with Gasteiger partial charge in [-0.1, -0.05) is 24.3 Å². The molecule has 2 aromatic rings. The summed E-state index contributed by atoms with van der Waals surface area (Å²) in [7, 11) is 0. The van der Waals surface area contributed by atoms with Gasteiger partial charge in [0, 0.05) is 24.0 Å². The number of carbonyl (C=O) groups is 1. The van der Waals surface area contributed by atoms with E-state index in [0.717, 1.165) is 31.1 Å². The number of H-pyrrole nitrogens is 1. The second-order valence-corrected chi connectivity index (χ2v) is 6.29. The monoisotopic (exact) mass is 341 g/mol. The molecule has 0 saturated heterocycles. The molecule has 1 aromatic carbocycles. The first-order valence-corrected chi connectivity index (χ1v) is 8.56. The Kier molecular flexibility index (Phi) is 5.33. The van der Waals surface area contributed by atoms with E-state index in [2.05, 4.69) is 32.7 Å². The first-order valence-electron chi connectivity index (χ1n) is 8.56. The van der Waals surface area contributed by atoms with Crippen LogP contribution in [0.25, 0.3) is 10.8 Å². The van der Waals surface area contributed by atoms with Crippen molar-refractivity contribution in [1.29, 1.82) is 0 Å². The van der Waals surface area contributed by atoms with E-state index in [1.165, 1.54) is 0 Å². The molecule has 1 aliphatic rings. The predicted molar refractivity (Wildman–Crippen MR) is 98.8 cm³/mol. The zero-order valence-corrected chi connectivity index (χ0v) is 14.0. The molecular formula is C18H23N5O2. The van der Waals surface area contributed by atoms with Crippen LogP contribution in [0.3, 0.4) is 0 Å². The van der Waals surface area contributed by atoms with Crippen LogP contribution in [0.5, 0.6) is 0 Å². The maximum atomic E-state index is 11.9. The van der Waals surface area contributed by atoms with Crippen molar-refractivity contribution in [2.75, 3.05) is 11.9 Å². The fourth-order valence-electron chi connectivity index (χ4n) is 3.27. The Hall–Kier alpha value is -2.83. The smallest absolute Gasteiger partial charge is 0.315 e. The summed E-state index contributed by atoms with van der Waals surface area (Å²) in [5, 5.41) is 17.3. The zero-order valence-electron chi connectivity index (χ0n) is 14.0. The second kappa shape index (κ2) is 7.83. The van der Waals surface area contributed by atoms with E-state index in [1.54, 1.807) is 12.1 Å². The van der Waals surface area contributed by atoms with Crippen LogP contribution in [0.1, 0.15) is 25.7 Å². The lowest BCUT2D eigenvalue weighted by Gasteiger charge is -2.30. The molecule has 2 atom stereocenters. The van der Waals surface area contributed by atoms with Crippen LogP contribution in [0.2, 0.25) is 0 Å². The molecular weight excluding hydrogens is 318 g/mol. The van der Waals surface area contributed by atoms with Crippen molar-refractivity contribution < 1.29 is 4.79 Å². The summed E-state index contributed by atoms with van der Waals surface area (Å²) in [6.07, 6.45) is 5.45. The van der Waals surface area contributed by atoms with Crippen LogP contribution in [-0.2, 0) is 0 Å². The first kappa shape index (κ1) is 17.0. The van der Waals surface area contributed by atoms with E-state index in [-0.39, 0.29) is 23.7 Å². The number of rotatable bonds is 5. The number of nitrogens with zero attached hydrogens (tertiary/aromatic N) is 1. The van der Waals surface area contributed by atoms with Gasteiger partial charge in [0.2, 0.25) is 0 Å². The average Bonchev–Trinajstić information content (AvgIpc) is 2.63. The molecule has 1 aliphatic carbocycles. The van der Waals surface area contributed by atoms with Crippen molar-refractivity contribution in [3.05, 3.63) is 47.3 Å². The summed E-state index contributed by atoms with van der Waals surface area (Å²) in [4.78, 5) is 23.7. The Morgan fingerprint density at radius 1 is 1.28 bits per heavy atom. The van der Waals surface area contributed by atoms with Crippen LogP contribution in [0, 0.1) is 0 Å². The number of hydrogen-bond acceptors (Lipinski definition) is 4. The third-order valence-corrected chi connectivity index (χ3v) is 4.45. The van der Waals surface area contributed by atoms with Crippen LogP contribution >= 0.6 is 0 Å². The Bertz CT molecular complexity index is 816. The van der Waals surface area contributed by atoms with E-state index in [4.69, 9.17) is 0 Å². The molecule has 1 saturated carbocycles. The molecule has 2 amide bonds. The van der Waals surface area contributed by atoms with Gasteiger partial charge < -0.3 is 16.0 Å². The third kappa shape index (κ3) is 4.17. The summed E-state index contributed by atoms with van der Waals surface area (Å²) in [6, 6.07) is 7.55. The van der Waals surface area contributed by atoms with Gasteiger partial charge >= 0.3 is 6.03 Å². The number of aromatic amines is 1. The minimum Gasteiger partial charge on any atom is -0.365 e. The minimum absolute atomic E-state index is 0.116. The van der Waals surface area contributed by atoms with Crippen molar-refractivity contribution in [3.63, 3.8) is 0 Å². The van der Waals surface area contributed by atoms with Crippen LogP contribution in [0.4, 0.5) is 10.6 Å². The molecule has 7 nitrogen and oxygen atoms in total. The minimum atomic E-state index is -0.191. The highest BCUT2D eigenvalue weighted by Crippen LogP contribution is 2.24. The summed E-state index contributed by atoms with van der Waals surface area (Å²) >= 11 is 0. The normalized spacial score (nSPS) is 20.0. The lowest BCUT2D eigenvalue weighted by Crippen LogP contribution is -2.46. The van der Waals surface area contributed by atoms with Gasteiger partial charge in [0.15, 0.2) is 5.82 Å². The SMILES string of the molecule is C=CCNC(=O)NC1CCCC(Nc2n[nH]c(=O)c3ccccc23)C1. The molecule has 1 heterocycles. The average molecular weight is 341 g/mol. The number of anilines is 1. The summed E-state index contributed by atoms with van der Waals surface area (Å²) in [5.41, 5.74) is -0.191. The highest BCUT2D eigenvalue weighted by Gasteiger charge is 2.24. The molecule has 0 bridgehead atoms. The molecule has 7 heteroatoms. The van der Waals surface area contributed by atoms with Crippen molar-refractivity contribution in [3.8, 4) is 0 Å². The van der Waals surface area contributed by atoms with Gasteiger partial charge in [0.25, 0.3) is 5.56 Å². The van der Waals surface area contributed by atoms with Gasteiger partial charge in [0.1, 0.15) is 0 Å². The molecule has 132 valence electrons. The summed E-state index contributed by atoms with van der Waals surface area (Å²) in [5.74, 6) is 0.678. The molecule has 1 aromatic heterocycles. The topological polar surface area (TPSA) is 98.9 Å². The van der Waals surface area contributed by atoms with E-state index >= 15 is 0 Å². The quantitative estimate of drug-likeness (QED) is 0.626. The molecule has 0 aliphatic heterocycles. The van der Waals surface area contributed by atoms with E-state index in [1.807, 2.05) is 18.2 Å². The van der Waals surface area contributed by atoms with Gasteiger partial charge in [-0.05, 0) is 31.7 Å². The fourth-order valence-corrected chi connectivity index (χ4v) is 3.27. The molecule has 4 N–H and O–H groups in total. The fraction of sp³-hybridized carbons (Fsp3) is 0.389. The number of urea groups is 1. The Morgan fingerprint density at radius 2 is 2.04 bits per heavy atom. The van der Waals surface area contributed by atoms with Crippen molar-refractivity contribution in [2.45, 2.75) is 37.8 Å². The largest absolute Gasteiger partial charge is 0.365 e. The standard InChI is InChI=1S/C18H23N5O2/c1-2-10-19-18(25)21-13-7-5-6-12(11-13)20-16-14-8-3-4-9-15(14)17(24)23-22-16/h2-4,8-9,12-13H,1,5-7,10-11H2,(H,20,22)(H,23,24)(H2,19,21,25). The van der Waals surface area contributed by atoms with Crippen LogP contribution in [-0.4, -0.2) is 34.9 Å². The molecule has 25 heavy (non-hydrogen) atoms. The molecule has 2 unspecified atom stereocenters. The third-order valence-electron chi connectivity index (χ3n) is 4.45. The predicted octanol–water partition coefficient (Wildman–Crippen LogP) is 2.13. The van der Waals surface area contributed by atoms with Gasteiger partial charge in [-0.3, -0.25) is 4.79 Å². The Morgan fingerprint density at radius 3 is 2.84 bits per heavy atom. The number of nitrogens with one attached hydrogen (secondary N) is 4. The van der Waals surface area contributed by atoms with Crippen molar-refractivity contribution in [1.82, 2.24) is 20.8 Å². The maximum absolute atomic E-state index is 11.9. The highest BCUT2D eigenvalue weighted by molar-refractivity contribution is 5.90. The summed E-state index contributed by atoms with van der Waals surface area (Å²) in [6.45, 7) is 4.04. The lowest BCUT2D eigenvalue weighted by atomic mass is 9.91. The van der Waals surface area contributed by atoms with Crippen molar-refractivity contribution in [2.24, 2.45) is 0 Å². The highest BCUT2D eigenvalue weighted by atomic mass is 16.2. The number of carbonyl (C=O) groups excluding carboxylic acids is 1. The second-order valence-electron chi connectivity index (χ2n) is 6.29. The Balaban J connectivity index is 1.67. The number of benzene rings is 1. The molecule has 1 fully saturated rings. The van der Waals surface area contributed by atoms with E-state index < -0.39 is 0 Å². The number of fused-ring (bicyclic) bond motifs is 1. The Labute approximate surface area is 145 Å². The molecule has 0 spiro atoms.